The van der Waals surface area contributed by atoms with E-state index >= 15 is 0 Å². The summed E-state index contributed by atoms with van der Waals surface area (Å²) in [7, 11) is 1.53. The number of carbonyl (C=O) groups excluding carboxylic acids is 2. The molecule has 0 aliphatic carbocycles. The van der Waals surface area contributed by atoms with E-state index in [1.54, 1.807) is 43.0 Å². The Morgan fingerprint density at radius 3 is 2.24 bits per heavy atom. The van der Waals surface area contributed by atoms with E-state index in [2.05, 4.69) is 10.6 Å². The maximum Gasteiger partial charge on any atom is 0.416 e. The molecule has 1 heterocycles. The molecular weight excluding hydrogens is 553 g/mol. The second-order valence-corrected chi connectivity index (χ2v) is 10.6. The second kappa shape index (κ2) is 12.2. The van der Waals surface area contributed by atoms with Crippen LogP contribution in [0.2, 0.25) is 0 Å². The number of hydrogen-bond acceptors (Lipinski definition) is 4. The summed E-state index contributed by atoms with van der Waals surface area (Å²) in [6, 6.07) is 20.9. The Balaban J connectivity index is 1.56. The molecule has 1 saturated heterocycles. The summed E-state index contributed by atoms with van der Waals surface area (Å²) < 4.78 is 44.5. The highest BCUT2D eigenvalue weighted by atomic mass is 32.1. The number of thiocarbonyl (C=S) groups is 1. The predicted octanol–water partition coefficient (Wildman–Crippen LogP) is 5.39. The SMILES string of the molecule is COc1ccc(NC(=O)C(C)(C)N(Cc2ccc(C(F)(F)F)cc2)C(=O)CN2CC(c3ccccc3)NC2=S)cc1. The number of carbonyl (C=O) groups is 2. The van der Waals surface area contributed by atoms with Gasteiger partial charge >= 0.3 is 6.18 Å². The molecule has 1 fully saturated rings. The molecule has 216 valence electrons. The first-order chi connectivity index (χ1) is 19.4. The third-order valence-electron chi connectivity index (χ3n) is 7.02. The highest BCUT2D eigenvalue weighted by Crippen LogP contribution is 2.30. The Hall–Kier alpha value is -4.12. The minimum Gasteiger partial charge on any atom is -0.497 e. The van der Waals surface area contributed by atoms with Crippen molar-refractivity contribution < 1.29 is 27.5 Å². The average Bonchev–Trinajstić information content (AvgIpc) is 3.31. The van der Waals surface area contributed by atoms with Crippen molar-refractivity contribution >= 4 is 34.8 Å². The number of hydrogen-bond donors (Lipinski definition) is 2. The minimum atomic E-state index is -4.49. The van der Waals surface area contributed by atoms with Gasteiger partial charge in [0.2, 0.25) is 11.8 Å². The summed E-state index contributed by atoms with van der Waals surface area (Å²) >= 11 is 5.50. The van der Waals surface area contributed by atoms with Crippen molar-refractivity contribution in [2.45, 2.75) is 38.1 Å². The van der Waals surface area contributed by atoms with Crippen LogP contribution in [0.3, 0.4) is 0 Å². The standard InChI is InChI=1S/C30H31F3N4O3S/c1-29(2,27(39)34-23-13-15-24(40-3)16-14-23)37(17-20-9-11-22(12-10-20)30(31,32)33)26(38)19-36-18-25(35-28(36)41)21-7-5-4-6-8-21/h4-16,25H,17-19H2,1-3H3,(H,34,39)(H,35,41). The zero-order valence-corrected chi connectivity index (χ0v) is 23.7. The van der Waals surface area contributed by atoms with E-state index in [0.717, 1.165) is 17.7 Å². The molecule has 2 N–H and O–H groups in total. The number of halogens is 3. The topological polar surface area (TPSA) is 73.9 Å². The Labute approximate surface area is 242 Å². The van der Waals surface area contributed by atoms with Crippen LogP contribution in [0.1, 0.15) is 36.6 Å². The van der Waals surface area contributed by atoms with Crippen LogP contribution in [-0.2, 0) is 22.3 Å². The first-order valence-corrected chi connectivity index (χ1v) is 13.3. The summed E-state index contributed by atoms with van der Waals surface area (Å²) in [4.78, 5) is 30.4. The van der Waals surface area contributed by atoms with E-state index in [1.165, 1.54) is 24.1 Å². The molecule has 0 radical (unpaired) electrons. The fourth-order valence-electron chi connectivity index (χ4n) is 4.51. The molecule has 3 aromatic rings. The largest absolute Gasteiger partial charge is 0.497 e. The number of rotatable bonds is 9. The maximum atomic E-state index is 13.8. The fourth-order valence-corrected chi connectivity index (χ4v) is 4.79. The lowest BCUT2D eigenvalue weighted by atomic mass is 9.99. The quantitative estimate of drug-likeness (QED) is 0.329. The van der Waals surface area contributed by atoms with Gasteiger partial charge in [0, 0.05) is 18.8 Å². The van der Waals surface area contributed by atoms with Crippen LogP contribution >= 0.6 is 12.2 Å². The lowest BCUT2D eigenvalue weighted by Crippen LogP contribution is -2.57. The van der Waals surface area contributed by atoms with Crippen LogP contribution in [0.5, 0.6) is 5.75 Å². The molecule has 1 aliphatic rings. The van der Waals surface area contributed by atoms with Gasteiger partial charge in [-0.05, 0) is 73.6 Å². The number of nitrogens with one attached hydrogen (secondary N) is 2. The Kier molecular flexibility index (Phi) is 8.86. The van der Waals surface area contributed by atoms with Crippen LogP contribution < -0.4 is 15.4 Å². The van der Waals surface area contributed by atoms with Gasteiger partial charge in [-0.15, -0.1) is 0 Å². The number of anilines is 1. The van der Waals surface area contributed by atoms with E-state index < -0.39 is 29.1 Å². The number of nitrogens with zero attached hydrogens (tertiary/aromatic N) is 2. The molecule has 7 nitrogen and oxygen atoms in total. The zero-order valence-electron chi connectivity index (χ0n) is 22.9. The van der Waals surface area contributed by atoms with Crippen LogP contribution in [0.25, 0.3) is 0 Å². The first-order valence-electron chi connectivity index (χ1n) is 12.9. The molecule has 1 aliphatic heterocycles. The summed E-state index contributed by atoms with van der Waals surface area (Å²) in [5.41, 5.74) is -0.211. The van der Waals surface area contributed by atoms with E-state index in [1.807, 2.05) is 30.3 Å². The lowest BCUT2D eigenvalue weighted by Gasteiger charge is -2.38. The van der Waals surface area contributed by atoms with Gasteiger partial charge < -0.3 is 25.2 Å². The van der Waals surface area contributed by atoms with Gasteiger partial charge in [0.15, 0.2) is 5.11 Å². The van der Waals surface area contributed by atoms with Crippen molar-refractivity contribution in [3.8, 4) is 5.75 Å². The van der Waals surface area contributed by atoms with E-state index in [4.69, 9.17) is 17.0 Å². The molecule has 1 unspecified atom stereocenters. The van der Waals surface area contributed by atoms with E-state index in [-0.39, 0.29) is 19.1 Å². The number of amides is 2. The normalized spacial score (nSPS) is 15.3. The van der Waals surface area contributed by atoms with Crippen molar-refractivity contribution in [1.82, 2.24) is 15.1 Å². The smallest absolute Gasteiger partial charge is 0.416 e. The van der Waals surface area contributed by atoms with Gasteiger partial charge in [-0.3, -0.25) is 9.59 Å². The van der Waals surface area contributed by atoms with E-state index in [9.17, 15) is 22.8 Å². The van der Waals surface area contributed by atoms with Gasteiger partial charge in [0.05, 0.1) is 25.3 Å². The van der Waals surface area contributed by atoms with Gasteiger partial charge in [-0.2, -0.15) is 13.2 Å². The van der Waals surface area contributed by atoms with Crippen molar-refractivity contribution in [2.24, 2.45) is 0 Å². The predicted molar refractivity (Wildman–Crippen MR) is 154 cm³/mol. The van der Waals surface area contributed by atoms with Gasteiger partial charge in [0.1, 0.15) is 11.3 Å². The highest BCUT2D eigenvalue weighted by molar-refractivity contribution is 7.80. The van der Waals surface area contributed by atoms with Crippen molar-refractivity contribution in [3.63, 3.8) is 0 Å². The Morgan fingerprint density at radius 2 is 1.66 bits per heavy atom. The monoisotopic (exact) mass is 584 g/mol. The fraction of sp³-hybridized carbons (Fsp3) is 0.300. The molecule has 1 atom stereocenters. The summed E-state index contributed by atoms with van der Waals surface area (Å²) in [5, 5.41) is 6.46. The highest BCUT2D eigenvalue weighted by Gasteiger charge is 2.40. The second-order valence-electron chi connectivity index (χ2n) is 10.2. The molecule has 4 rings (SSSR count). The molecule has 0 bridgehead atoms. The third kappa shape index (κ3) is 7.15. The summed E-state index contributed by atoms with van der Waals surface area (Å²) in [6.07, 6.45) is -4.49. The Bertz CT molecular complexity index is 1380. The van der Waals surface area contributed by atoms with Gasteiger partial charge in [-0.1, -0.05) is 42.5 Å². The van der Waals surface area contributed by atoms with Crippen molar-refractivity contribution in [1.29, 1.82) is 0 Å². The lowest BCUT2D eigenvalue weighted by molar-refractivity contribution is -0.144. The summed E-state index contributed by atoms with van der Waals surface area (Å²) in [5.74, 6) is -0.254. The molecule has 11 heteroatoms. The molecule has 3 aromatic carbocycles. The number of methoxy groups -OCH3 is 1. The van der Waals surface area contributed by atoms with Crippen LogP contribution in [0.15, 0.2) is 78.9 Å². The van der Waals surface area contributed by atoms with Crippen LogP contribution in [-0.4, -0.2) is 52.5 Å². The van der Waals surface area contributed by atoms with Crippen LogP contribution in [0.4, 0.5) is 18.9 Å². The molecule has 0 aromatic heterocycles. The van der Waals surface area contributed by atoms with Gasteiger partial charge in [0.25, 0.3) is 0 Å². The van der Waals surface area contributed by atoms with Crippen molar-refractivity contribution in [2.75, 3.05) is 25.5 Å². The van der Waals surface area contributed by atoms with E-state index in [0.29, 0.717) is 28.7 Å². The number of ether oxygens (including phenoxy) is 1. The molecule has 0 saturated carbocycles. The molecule has 0 spiro atoms. The minimum absolute atomic E-state index is 0.0872. The third-order valence-corrected chi connectivity index (χ3v) is 7.39. The average molecular weight is 585 g/mol. The number of benzene rings is 3. The van der Waals surface area contributed by atoms with Crippen molar-refractivity contribution in [3.05, 3.63) is 95.6 Å². The Morgan fingerprint density at radius 1 is 1.02 bits per heavy atom. The molecule has 41 heavy (non-hydrogen) atoms. The first kappa shape index (κ1) is 29.9. The van der Waals surface area contributed by atoms with Gasteiger partial charge in [-0.25, -0.2) is 0 Å². The molecule has 2 amide bonds. The maximum absolute atomic E-state index is 13.8. The summed E-state index contributed by atoms with van der Waals surface area (Å²) in [6.45, 7) is 3.44. The molecular formula is C30H31F3N4O3S. The number of alkyl halides is 3. The zero-order chi connectivity index (χ0) is 29.8. The van der Waals surface area contributed by atoms with Crippen LogP contribution in [0, 0.1) is 0 Å².